The summed E-state index contributed by atoms with van der Waals surface area (Å²) in [5.41, 5.74) is 2.44. The van der Waals surface area contributed by atoms with Gasteiger partial charge < -0.3 is 15.5 Å². The van der Waals surface area contributed by atoms with Crippen LogP contribution in [0.15, 0.2) is 50.9 Å². The quantitative estimate of drug-likeness (QED) is 0.760. The van der Waals surface area contributed by atoms with Crippen LogP contribution in [-0.2, 0) is 11.2 Å². The van der Waals surface area contributed by atoms with E-state index in [0.29, 0.717) is 22.5 Å². The molecule has 7 nitrogen and oxygen atoms in total. The van der Waals surface area contributed by atoms with Crippen LogP contribution in [0.25, 0.3) is 0 Å². The Morgan fingerprint density at radius 3 is 2.87 bits per heavy atom. The summed E-state index contributed by atoms with van der Waals surface area (Å²) in [5, 5.41) is 7.32. The van der Waals surface area contributed by atoms with Crippen molar-refractivity contribution >= 4 is 40.6 Å². The molecule has 2 atom stereocenters. The predicted octanol–water partition coefficient (Wildman–Crippen LogP) is 2.99. The first kappa shape index (κ1) is 21.8. The van der Waals surface area contributed by atoms with Gasteiger partial charge >= 0.3 is 0 Å². The number of carbonyl (C=O) groups excluding carboxylic acids is 1. The van der Waals surface area contributed by atoms with Crippen molar-refractivity contribution in [1.82, 2.24) is 10.6 Å². The number of hydrogen-bond acceptors (Lipinski definition) is 7. The monoisotopic (exact) mass is 438 g/mol. The second-order valence-corrected chi connectivity index (χ2v) is 9.36. The number of rotatable bonds is 3. The molecule has 0 radical (unpaired) electrons. The average molecular weight is 439 g/mol. The predicted molar refractivity (Wildman–Crippen MR) is 130 cm³/mol. The molecule has 1 aromatic carbocycles. The molecule has 3 heterocycles. The number of anilines is 1. The second kappa shape index (κ2) is 9.78. The van der Waals surface area contributed by atoms with E-state index in [1.807, 2.05) is 13.0 Å². The number of amides is 1. The number of amidine groups is 1. The molecule has 1 amide bonds. The maximum absolute atomic E-state index is 13.0. The van der Waals surface area contributed by atoms with E-state index < -0.39 is 0 Å². The fourth-order valence-electron chi connectivity index (χ4n) is 4.34. The Morgan fingerprint density at radius 2 is 2.06 bits per heavy atom. The van der Waals surface area contributed by atoms with Gasteiger partial charge in [-0.1, -0.05) is 24.8 Å². The lowest BCUT2D eigenvalue weighted by atomic mass is 9.98. The molecule has 1 fully saturated rings. The third-order valence-corrected chi connectivity index (χ3v) is 6.77. The van der Waals surface area contributed by atoms with Gasteiger partial charge in [-0.25, -0.2) is 9.98 Å². The third kappa shape index (κ3) is 5.07. The van der Waals surface area contributed by atoms with Crippen LogP contribution in [0, 0.1) is 5.92 Å². The van der Waals surface area contributed by atoms with Crippen molar-refractivity contribution in [3.05, 3.63) is 41.4 Å². The van der Waals surface area contributed by atoms with Gasteiger partial charge in [-0.05, 0) is 75.5 Å². The molecule has 3 aliphatic rings. The molecular weight excluding hydrogens is 408 g/mol. The first-order valence-electron chi connectivity index (χ1n) is 10.9. The normalized spacial score (nSPS) is 25.6. The topological polar surface area (TPSA) is 81.5 Å². The second-order valence-electron chi connectivity index (χ2n) is 8.29. The van der Waals surface area contributed by atoms with Gasteiger partial charge in [0.25, 0.3) is 5.91 Å². The van der Waals surface area contributed by atoms with Crippen molar-refractivity contribution in [2.24, 2.45) is 20.9 Å². The van der Waals surface area contributed by atoms with Crippen molar-refractivity contribution in [1.29, 1.82) is 0 Å². The molecule has 1 saturated heterocycles. The highest BCUT2D eigenvalue weighted by atomic mass is 32.2. The Balaban J connectivity index is 1.56. The number of aliphatic imine (C=N–C) groups is 3. The standard InChI is InChI=1S/C23H30N6OS/c1-15-12-19-6-4-5-7-20(19)29(15)21-16(2)28-23(31-17(3)26-14-27-21)22(30)25-13-18-8-10-24-11-9-18/h4-7,14-16,18,24H,3,8-13H2,1-2H3,(H,25,30)/b26-14-,27-21?,28-23?. The van der Waals surface area contributed by atoms with Crippen molar-refractivity contribution < 1.29 is 4.79 Å². The summed E-state index contributed by atoms with van der Waals surface area (Å²) in [4.78, 5) is 29.0. The van der Waals surface area contributed by atoms with E-state index in [-0.39, 0.29) is 18.0 Å². The Morgan fingerprint density at radius 1 is 1.29 bits per heavy atom. The van der Waals surface area contributed by atoms with E-state index >= 15 is 0 Å². The smallest absolute Gasteiger partial charge is 0.276 e. The zero-order valence-corrected chi connectivity index (χ0v) is 19.0. The van der Waals surface area contributed by atoms with Crippen LogP contribution in [0.3, 0.4) is 0 Å². The Hall–Kier alpha value is -2.45. The molecular formula is C23H30N6OS. The van der Waals surface area contributed by atoms with E-state index in [2.05, 4.69) is 57.2 Å². The van der Waals surface area contributed by atoms with Gasteiger partial charge in [0.05, 0.1) is 5.03 Å². The van der Waals surface area contributed by atoms with Crippen LogP contribution >= 0.6 is 11.8 Å². The van der Waals surface area contributed by atoms with Crippen LogP contribution in [-0.4, -0.2) is 54.8 Å². The van der Waals surface area contributed by atoms with Gasteiger partial charge in [0, 0.05) is 18.3 Å². The number of nitrogens with one attached hydrogen (secondary N) is 2. The molecule has 1 aromatic rings. The highest BCUT2D eigenvalue weighted by molar-refractivity contribution is 8.18. The molecule has 4 rings (SSSR count). The number of piperidine rings is 1. The number of thioether (sulfide) groups is 1. The number of carbonyl (C=O) groups is 1. The number of fused-ring (bicyclic) bond motifs is 1. The van der Waals surface area contributed by atoms with Crippen LogP contribution in [0.4, 0.5) is 5.69 Å². The molecule has 3 aliphatic heterocycles. The Bertz CT molecular complexity index is 934. The molecule has 0 bridgehead atoms. The number of hydrogen-bond donors (Lipinski definition) is 2. The molecule has 0 saturated carbocycles. The third-order valence-electron chi connectivity index (χ3n) is 5.95. The van der Waals surface area contributed by atoms with Gasteiger partial charge in [0.2, 0.25) is 0 Å². The largest absolute Gasteiger partial charge is 0.350 e. The molecule has 31 heavy (non-hydrogen) atoms. The van der Waals surface area contributed by atoms with Crippen LogP contribution in [0.1, 0.15) is 32.3 Å². The highest BCUT2D eigenvalue weighted by Gasteiger charge is 2.32. The van der Waals surface area contributed by atoms with E-state index in [0.717, 1.165) is 43.9 Å². The summed E-state index contributed by atoms with van der Waals surface area (Å²) in [6.45, 7) is 10.8. The SMILES string of the molecule is C=C1/N=C\N=C(N2c3ccccc3CC2C)C(C)N=C(C(=O)NCC2CCNCC2)S1. The van der Waals surface area contributed by atoms with Crippen molar-refractivity contribution in [3.8, 4) is 0 Å². The maximum atomic E-state index is 13.0. The molecule has 8 heteroatoms. The number of para-hydroxylation sites is 1. The molecule has 2 N–H and O–H groups in total. The minimum absolute atomic E-state index is 0.164. The highest BCUT2D eigenvalue weighted by Crippen LogP contribution is 2.33. The Labute approximate surface area is 188 Å². The van der Waals surface area contributed by atoms with Gasteiger partial charge in [-0.15, -0.1) is 0 Å². The molecule has 0 aliphatic carbocycles. The number of benzene rings is 1. The first-order valence-corrected chi connectivity index (χ1v) is 11.8. The van der Waals surface area contributed by atoms with E-state index in [4.69, 9.17) is 4.99 Å². The minimum atomic E-state index is -0.293. The van der Waals surface area contributed by atoms with Gasteiger partial charge in [-0.3, -0.25) is 9.79 Å². The summed E-state index contributed by atoms with van der Waals surface area (Å²) in [5.74, 6) is 1.13. The van der Waals surface area contributed by atoms with Crippen molar-refractivity contribution in [2.45, 2.75) is 45.2 Å². The lowest BCUT2D eigenvalue weighted by molar-refractivity contribution is -0.114. The van der Waals surface area contributed by atoms with Gasteiger partial charge in [0.1, 0.15) is 18.2 Å². The van der Waals surface area contributed by atoms with Crippen LogP contribution < -0.4 is 15.5 Å². The summed E-state index contributed by atoms with van der Waals surface area (Å²) >= 11 is 1.20. The maximum Gasteiger partial charge on any atom is 0.276 e. The van der Waals surface area contributed by atoms with Crippen molar-refractivity contribution in [2.75, 3.05) is 24.5 Å². The van der Waals surface area contributed by atoms with Crippen molar-refractivity contribution in [3.63, 3.8) is 0 Å². The fourth-order valence-corrected chi connectivity index (χ4v) is 5.04. The molecule has 164 valence electrons. The molecule has 2 unspecified atom stereocenters. The summed E-state index contributed by atoms with van der Waals surface area (Å²) < 4.78 is 0. The van der Waals surface area contributed by atoms with Gasteiger partial charge in [-0.2, -0.15) is 0 Å². The lowest BCUT2D eigenvalue weighted by Gasteiger charge is -2.28. The van der Waals surface area contributed by atoms with E-state index in [1.165, 1.54) is 23.7 Å². The van der Waals surface area contributed by atoms with Gasteiger partial charge in [0.15, 0.2) is 5.04 Å². The lowest BCUT2D eigenvalue weighted by Crippen LogP contribution is -2.42. The zero-order valence-electron chi connectivity index (χ0n) is 18.2. The minimum Gasteiger partial charge on any atom is -0.350 e. The Kier molecular flexibility index (Phi) is 6.87. The average Bonchev–Trinajstić information content (AvgIpc) is 3.13. The number of nitrogens with zero attached hydrogens (tertiary/aromatic N) is 4. The first-order chi connectivity index (χ1) is 15.0. The summed E-state index contributed by atoms with van der Waals surface area (Å²) in [7, 11) is 0. The van der Waals surface area contributed by atoms with E-state index in [9.17, 15) is 4.79 Å². The molecule has 0 spiro atoms. The van der Waals surface area contributed by atoms with E-state index in [1.54, 1.807) is 0 Å². The molecule has 0 aromatic heterocycles. The summed E-state index contributed by atoms with van der Waals surface area (Å²) in [6, 6.07) is 8.34. The summed E-state index contributed by atoms with van der Waals surface area (Å²) in [6.07, 6.45) is 4.64. The zero-order chi connectivity index (χ0) is 21.8. The van der Waals surface area contributed by atoms with Crippen LogP contribution in [0.2, 0.25) is 0 Å². The van der Waals surface area contributed by atoms with Crippen LogP contribution in [0.5, 0.6) is 0 Å². The fraction of sp³-hybridized carbons (Fsp3) is 0.478.